The van der Waals surface area contributed by atoms with Crippen LogP contribution in [0.5, 0.6) is 0 Å². The molecule has 0 bridgehead atoms. The molecule has 0 aliphatic heterocycles. The van der Waals surface area contributed by atoms with Gasteiger partial charge in [0.1, 0.15) is 5.82 Å². The van der Waals surface area contributed by atoms with Gasteiger partial charge in [0.15, 0.2) is 0 Å². The first-order valence-corrected chi connectivity index (χ1v) is 12.8. The SMILES string of the molecule is CN(CCc1ccccc1F)C(=O)c1cccc(S(=O)(=O)NCc2cn(-c3cnccc3C(=O)O)nn2)c1. The van der Waals surface area contributed by atoms with Gasteiger partial charge in [0.05, 0.1) is 40.8 Å². The summed E-state index contributed by atoms with van der Waals surface area (Å²) < 4.78 is 43.3. The molecule has 0 saturated heterocycles. The predicted molar refractivity (Wildman–Crippen MR) is 134 cm³/mol. The molecule has 4 aromatic rings. The highest BCUT2D eigenvalue weighted by Gasteiger charge is 2.19. The second-order valence-corrected chi connectivity index (χ2v) is 10.0. The summed E-state index contributed by atoms with van der Waals surface area (Å²) in [5.74, 6) is -1.94. The van der Waals surface area contributed by atoms with Crippen molar-refractivity contribution < 1.29 is 27.5 Å². The molecule has 0 spiro atoms. The van der Waals surface area contributed by atoms with E-state index in [1.54, 1.807) is 25.2 Å². The number of carboxylic acid groups (broad SMARTS) is 1. The number of carbonyl (C=O) groups is 2. The number of aromatic carboxylic acids is 1. The van der Waals surface area contributed by atoms with Gasteiger partial charge in [0, 0.05) is 25.4 Å². The maximum atomic E-state index is 13.9. The van der Waals surface area contributed by atoms with E-state index in [0.717, 1.165) is 0 Å². The number of rotatable bonds is 10. The lowest BCUT2D eigenvalue weighted by atomic mass is 10.1. The lowest BCUT2D eigenvalue weighted by molar-refractivity contribution is 0.0695. The quantitative estimate of drug-likeness (QED) is 0.313. The van der Waals surface area contributed by atoms with E-state index in [4.69, 9.17) is 0 Å². The van der Waals surface area contributed by atoms with Gasteiger partial charge in [0.2, 0.25) is 10.0 Å². The van der Waals surface area contributed by atoms with E-state index in [1.807, 2.05) is 0 Å². The molecule has 0 unspecified atom stereocenters. The molecular weight excluding hydrogens is 515 g/mol. The molecule has 0 radical (unpaired) electrons. The molecule has 0 fully saturated rings. The monoisotopic (exact) mass is 538 g/mol. The third kappa shape index (κ3) is 6.07. The minimum absolute atomic E-state index is 0.0441. The zero-order chi connectivity index (χ0) is 27.3. The van der Waals surface area contributed by atoms with E-state index in [-0.39, 0.29) is 46.3 Å². The van der Waals surface area contributed by atoms with Gasteiger partial charge < -0.3 is 10.0 Å². The Bertz CT molecular complexity index is 1590. The Balaban J connectivity index is 1.42. The number of carbonyl (C=O) groups excluding carboxylic acids is 1. The van der Waals surface area contributed by atoms with Crippen LogP contribution in [0, 0.1) is 5.82 Å². The lowest BCUT2D eigenvalue weighted by Crippen LogP contribution is -2.29. The summed E-state index contributed by atoms with van der Waals surface area (Å²) in [4.78, 5) is 29.5. The number of halogens is 1. The topological polar surface area (TPSA) is 147 Å². The molecule has 2 N–H and O–H groups in total. The second-order valence-electron chi connectivity index (χ2n) is 8.27. The number of carboxylic acids is 1. The van der Waals surface area contributed by atoms with Gasteiger partial charge in [-0.1, -0.05) is 29.5 Å². The Hall–Kier alpha value is -4.49. The van der Waals surface area contributed by atoms with E-state index >= 15 is 0 Å². The highest BCUT2D eigenvalue weighted by Crippen LogP contribution is 2.16. The maximum Gasteiger partial charge on any atom is 0.338 e. The minimum Gasteiger partial charge on any atom is -0.478 e. The van der Waals surface area contributed by atoms with Crippen LogP contribution < -0.4 is 4.72 Å². The van der Waals surface area contributed by atoms with Crippen molar-refractivity contribution in [3.63, 3.8) is 0 Å². The molecule has 2 aromatic carbocycles. The van der Waals surface area contributed by atoms with Crippen LogP contribution in [0.3, 0.4) is 0 Å². The van der Waals surface area contributed by atoms with Crippen molar-refractivity contribution in [3.05, 3.63) is 101 Å². The van der Waals surface area contributed by atoms with Gasteiger partial charge in [-0.2, -0.15) is 0 Å². The van der Waals surface area contributed by atoms with E-state index in [1.165, 1.54) is 64.6 Å². The normalized spacial score (nSPS) is 11.3. The molecule has 2 heterocycles. The lowest BCUT2D eigenvalue weighted by Gasteiger charge is -2.18. The summed E-state index contributed by atoms with van der Waals surface area (Å²) in [6, 6.07) is 13.2. The molecule has 11 nitrogen and oxygen atoms in total. The molecule has 196 valence electrons. The number of benzene rings is 2. The molecule has 38 heavy (non-hydrogen) atoms. The summed E-state index contributed by atoms with van der Waals surface area (Å²) in [6.07, 6.45) is 4.33. The first kappa shape index (κ1) is 26.6. The van der Waals surface area contributed by atoms with Gasteiger partial charge in [0.25, 0.3) is 5.91 Å². The number of nitrogens with zero attached hydrogens (tertiary/aromatic N) is 5. The first-order valence-electron chi connectivity index (χ1n) is 11.3. The van der Waals surface area contributed by atoms with Crippen molar-refractivity contribution >= 4 is 21.9 Å². The molecule has 2 aromatic heterocycles. The first-order chi connectivity index (χ1) is 18.2. The van der Waals surface area contributed by atoms with Crippen LogP contribution in [0.4, 0.5) is 4.39 Å². The Morgan fingerprint density at radius 3 is 2.68 bits per heavy atom. The fraction of sp³-hybridized carbons (Fsp3) is 0.160. The number of amides is 1. The third-order valence-corrected chi connectivity index (χ3v) is 7.07. The van der Waals surface area contributed by atoms with Crippen LogP contribution >= 0.6 is 0 Å². The number of pyridine rings is 1. The fourth-order valence-corrected chi connectivity index (χ4v) is 4.65. The van der Waals surface area contributed by atoms with Crippen LogP contribution in [0.25, 0.3) is 5.69 Å². The van der Waals surface area contributed by atoms with Crippen LogP contribution in [-0.4, -0.2) is 63.9 Å². The maximum absolute atomic E-state index is 13.9. The number of nitrogens with one attached hydrogen (secondary N) is 1. The number of sulfonamides is 1. The van der Waals surface area contributed by atoms with E-state index in [9.17, 15) is 27.5 Å². The van der Waals surface area contributed by atoms with E-state index in [2.05, 4.69) is 20.0 Å². The zero-order valence-electron chi connectivity index (χ0n) is 20.2. The summed E-state index contributed by atoms with van der Waals surface area (Å²) in [5, 5.41) is 17.1. The van der Waals surface area contributed by atoms with Gasteiger partial charge >= 0.3 is 5.97 Å². The predicted octanol–water partition coefficient (Wildman–Crippen LogP) is 2.29. The molecule has 0 aliphatic rings. The van der Waals surface area contributed by atoms with Gasteiger partial charge in [-0.25, -0.2) is 27.0 Å². The molecule has 4 rings (SSSR count). The smallest absolute Gasteiger partial charge is 0.338 e. The highest BCUT2D eigenvalue weighted by molar-refractivity contribution is 7.89. The van der Waals surface area contributed by atoms with Gasteiger partial charge in [-0.3, -0.25) is 9.78 Å². The second kappa shape index (κ2) is 11.3. The molecule has 1 amide bonds. The Labute approximate surface area is 217 Å². The summed E-state index contributed by atoms with van der Waals surface area (Å²) in [5.41, 5.74) is 0.998. The van der Waals surface area contributed by atoms with Crippen molar-refractivity contribution in [3.8, 4) is 5.69 Å². The molecule has 0 aliphatic carbocycles. The van der Waals surface area contributed by atoms with Crippen molar-refractivity contribution in [1.29, 1.82) is 0 Å². The summed E-state index contributed by atoms with van der Waals surface area (Å²) in [7, 11) is -2.47. The fourth-order valence-electron chi connectivity index (χ4n) is 3.61. The number of hydrogen-bond donors (Lipinski definition) is 2. The van der Waals surface area contributed by atoms with Crippen LogP contribution in [0.1, 0.15) is 32.0 Å². The number of likely N-dealkylation sites (N-methyl/N-ethyl adjacent to an activating group) is 1. The van der Waals surface area contributed by atoms with Crippen LogP contribution in [-0.2, 0) is 23.0 Å². The van der Waals surface area contributed by atoms with Gasteiger partial charge in [-0.15, -0.1) is 5.10 Å². The van der Waals surface area contributed by atoms with Gasteiger partial charge in [-0.05, 0) is 42.3 Å². The Morgan fingerprint density at radius 2 is 1.92 bits per heavy atom. The van der Waals surface area contributed by atoms with Crippen molar-refractivity contribution in [1.82, 2.24) is 29.6 Å². The average Bonchev–Trinajstić information content (AvgIpc) is 3.40. The van der Waals surface area contributed by atoms with Crippen molar-refractivity contribution in [2.75, 3.05) is 13.6 Å². The summed E-state index contributed by atoms with van der Waals surface area (Å²) >= 11 is 0. The summed E-state index contributed by atoms with van der Waals surface area (Å²) in [6.45, 7) is 0.0108. The minimum atomic E-state index is -4.03. The Morgan fingerprint density at radius 1 is 1.13 bits per heavy atom. The standard InChI is InChI=1S/C25H23FN6O5S/c1-31(12-10-17-5-2-3-8-22(17)26)24(33)18-6-4-7-20(13-18)38(36,37)28-14-19-16-32(30-29-19)23-15-27-11-9-21(23)25(34)35/h2-9,11,13,15-16,28H,10,12,14H2,1H3,(H,34,35). The third-order valence-electron chi connectivity index (χ3n) is 5.67. The number of aromatic nitrogens is 4. The van der Waals surface area contributed by atoms with Crippen molar-refractivity contribution in [2.45, 2.75) is 17.9 Å². The highest BCUT2D eigenvalue weighted by atomic mass is 32.2. The molecule has 13 heteroatoms. The van der Waals surface area contributed by atoms with Crippen LogP contribution in [0.2, 0.25) is 0 Å². The van der Waals surface area contributed by atoms with Crippen LogP contribution in [0.15, 0.2) is 78.1 Å². The van der Waals surface area contributed by atoms with E-state index < -0.39 is 21.9 Å². The molecule has 0 atom stereocenters. The zero-order valence-corrected chi connectivity index (χ0v) is 21.0. The largest absolute Gasteiger partial charge is 0.478 e. The van der Waals surface area contributed by atoms with E-state index in [0.29, 0.717) is 12.0 Å². The number of hydrogen-bond acceptors (Lipinski definition) is 7. The molecular formula is C25H23FN6O5S. The van der Waals surface area contributed by atoms with Crippen molar-refractivity contribution in [2.24, 2.45) is 0 Å². The average molecular weight is 539 g/mol. The molecule has 0 saturated carbocycles. The Kier molecular flexibility index (Phi) is 7.88.